The lowest BCUT2D eigenvalue weighted by molar-refractivity contribution is 0.262. The second-order valence-electron chi connectivity index (χ2n) is 5.69. The smallest absolute Gasteiger partial charge is 0.308 e. The van der Waals surface area contributed by atoms with E-state index in [9.17, 15) is 13.6 Å². The van der Waals surface area contributed by atoms with Crippen LogP contribution in [0.4, 0.5) is 25.1 Å². The molecule has 2 amide bonds. The van der Waals surface area contributed by atoms with Crippen molar-refractivity contribution in [1.82, 2.24) is 14.4 Å². The van der Waals surface area contributed by atoms with Gasteiger partial charge in [-0.05, 0) is 54.6 Å². The molecule has 0 bridgehead atoms. The van der Waals surface area contributed by atoms with Crippen LogP contribution in [0.2, 0.25) is 0 Å². The number of carbonyl (C=O) groups is 1. The average Bonchev–Trinajstić information content (AvgIpc) is 3.02. The molecule has 0 radical (unpaired) electrons. The van der Waals surface area contributed by atoms with Gasteiger partial charge in [0.25, 0.3) is 0 Å². The van der Waals surface area contributed by atoms with Crippen LogP contribution >= 0.6 is 0 Å². The number of amides is 2. The van der Waals surface area contributed by atoms with Gasteiger partial charge in [0.1, 0.15) is 11.6 Å². The Labute approximate surface area is 152 Å². The number of hydrogen-bond donors (Lipinski definition) is 2. The number of rotatable bonds is 3. The molecule has 8 heteroatoms. The highest BCUT2D eigenvalue weighted by atomic mass is 19.1. The van der Waals surface area contributed by atoms with Gasteiger partial charge in [0.2, 0.25) is 5.78 Å². The first-order chi connectivity index (χ1) is 13.1. The van der Waals surface area contributed by atoms with Crippen LogP contribution in [0.5, 0.6) is 0 Å². The largest absolute Gasteiger partial charge is 0.324 e. The molecule has 0 atom stereocenters. The first-order valence-electron chi connectivity index (χ1n) is 8.03. The molecule has 0 aliphatic heterocycles. The van der Waals surface area contributed by atoms with Crippen LogP contribution in [0.3, 0.4) is 0 Å². The van der Waals surface area contributed by atoms with Crippen molar-refractivity contribution in [3.63, 3.8) is 0 Å². The summed E-state index contributed by atoms with van der Waals surface area (Å²) in [6, 6.07) is 12.4. The van der Waals surface area contributed by atoms with Gasteiger partial charge in [0.05, 0.1) is 5.69 Å². The van der Waals surface area contributed by atoms with Gasteiger partial charge in [-0.25, -0.2) is 18.6 Å². The summed E-state index contributed by atoms with van der Waals surface area (Å²) in [5, 5.41) is 5.27. The average molecular weight is 365 g/mol. The minimum Gasteiger partial charge on any atom is -0.308 e. The van der Waals surface area contributed by atoms with E-state index in [1.165, 1.54) is 36.4 Å². The SMILES string of the molecule is O=C(Nc1ccc(F)cc1)Nc1nc2ncccn2c1-c1ccc(F)cc1. The molecular weight excluding hydrogens is 352 g/mol. The third kappa shape index (κ3) is 3.45. The van der Waals surface area contributed by atoms with Crippen molar-refractivity contribution in [3.8, 4) is 11.3 Å². The minimum absolute atomic E-state index is 0.264. The summed E-state index contributed by atoms with van der Waals surface area (Å²) in [6.07, 6.45) is 3.33. The van der Waals surface area contributed by atoms with Gasteiger partial charge >= 0.3 is 6.03 Å². The molecule has 0 aliphatic carbocycles. The first kappa shape index (κ1) is 16.6. The van der Waals surface area contributed by atoms with Gasteiger partial charge in [-0.3, -0.25) is 9.72 Å². The summed E-state index contributed by atoms with van der Waals surface area (Å²) in [5.41, 5.74) is 1.65. The summed E-state index contributed by atoms with van der Waals surface area (Å²) in [4.78, 5) is 20.8. The quantitative estimate of drug-likeness (QED) is 0.568. The number of nitrogens with zero attached hydrogens (tertiary/aromatic N) is 3. The van der Waals surface area contributed by atoms with E-state index in [4.69, 9.17) is 0 Å². The van der Waals surface area contributed by atoms with E-state index >= 15 is 0 Å². The molecule has 0 aliphatic rings. The Kier molecular flexibility index (Phi) is 4.21. The Balaban J connectivity index is 1.68. The normalized spacial score (nSPS) is 10.7. The van der Waals surface area contributed by atoms with E-state index in [-0.39, 0.29) is 11.6 Å². The van der Waals surface area contributed by atoms with Crippen LogP contribution < -0.4 is 10.6 Å². The fraction of sp³-hybridized carbons (Fsp3) is 0. The molecule has 27 heavy (non-hydrogen) atoms. The molecule has 2 N–H and O–H groups in total. The highest BCUT2D eigenvalue weighted by molar-refractivity contribution is 6.01. The molecule has 0 unspecified atom stereocenters. The van der Waals surface area contributed by atoms with Crippen molar-refractivity contribution >= 4 is 23.3 Å². The number of urea groups is 1. The summed E-state index contributed by atoms with van der Waals surface area (Å²) in [5.74, 6) is -0.117. The van der Waals surface area contributed by atoms with Crippen molar-refractivity contribution in [3.05, 3.63) is 78.6 Å². The van der Waals surface area contributed by atoms with E-state index in [2.05, 4.69) is 20.6 Å². The van der Waals surface area contributed by atoms with E-state index < -0.39 is 11.8 Å². The predicted octanol–water partition coefficient (Wildman–Crippen LogP) is 4.32. The lowest BCUT2D eigenvalue weighted by atomic mass is 10.1. The Morgan fingerprint density at radius 1 is 0.926 bits per heavy atom. The van der Waals surface area contributed by atoms with Gasteiger partial charge in [0, 0.05) is 23.6 Å². The number of nitrogens with one attached hydrogen (secondary N) is 2. The van der Waals surface area contributed by atoms with Gasteiger partial charge in [0.15, 0.2) is 5.82 Å². The van der Waals surface area contributed by atoms with Crippen LogP contribution in [0.1, 0.15) is 0 Å². The molecule has 0 fully saturated rings. The lowest BCUT2D eigenvalue weighted by Gasteiger charge is -2.08. The molecule has 0 spiro atoms. The second kappa shape index (κ2) is 6.83. The second-order valence-corrected chi connectivity index (χ2v) is 5.69. The number of benzene rings is 2. The lowest BCUT2D eigenvalue weighted by Crippen LogP contribution is -2.20. The molecule has 134 valence electrons. The van der Waals surface area contributed by atoms with Crippen LogP contribution in [-0.4, -0.2) is 20.4 Å². The predicted molar refractivity (Wildman–Crippen MR) is 97.4 cm³/mol. The van der Waals surface area contributed by atoms with Crippen molar-refractivity contribution in [2.45, 2.75) is 0 Å². The topological polar surface area (TPSA) is 71.3 Å². The standard InChI is InChI=1S/C19H13F2N5O/c20-13-4-2-12(3-5-13)16-17(24-18-22-10-1-11-26(16)18)25-19(27)23-15-8-6-14(21)7-9-15/h1-11H,(H2,23,25,27). The zero-order valence-corrected chi connectivity index (χ0v) is 13.9. The number of fused-ring (bicyclic) bond motifs is 1. The summed E-state index contributed by atoms with van der Waals surface area (Å²) < 4.78 is 28.0. The Morgan fingerprint density at radius 3 is 2.30 bits per heavy atom. The molecule has 4 aromatic rings. The first-order valence-corrected chi connectivity index (χ1v) is 8.03. The van der Waals surface area contributed by atoms with Crippen LogP contribution in [0, 0.1) is 11.6 Å². The minimum atomic E-state index is -0.548. The van der Waals surface area contributed by atoms with Gasteiger partial charge in [-0.1, -0.05) is 0 Å². The molecule has 6 nitrogen and oxygen atoms in total. The maximum Gasteiger partial charge on any atom is 0.324 e. The Hall–Kier alpha value is -3.81. The Bertz CT molecular complexity index is 1110. The van der Waals surface area contributed by atoms with E-state index in [1.807, 2.05) is 0 Å². The molecule has 0 saturated heterocycles. The molecule has 2 aromatic carbocycles. The Morgan fingerprint density at radius 2 is 1.59 bits per heavy atom. The highest BCUT2D eigenvalue weighted by Crippen LogP contribution is 2.28. The zero-order valence-electron chi connectivity index (χ0n) is 13.9. The summed E-state index contributed by atoms with van der Waals surface area (Å²) in [7, 11) is 0. The third-order valence-electron chi connectivity index (χ3n) is 3.86. The number of anilines is 2. The van der Waals surface area contributed by atoms with E-state index in [1.54, 1.807) is 35.0 Å². The van der Waals surface area contributed by atoms with Crippen LogP contribution in [0.25, 0.3) is 17.0 Å². The fourth-order valence-electron chi connectivity index (χ4n) is 2.66. The van der Waals surface area contributed by atoms with Crippen molar-refractivity contribution in [1.29, 1.82) is 0 Å². The van der Waals surface area contributed by atoms with Crippen LogP contribution in [-0.2, 0) is 0 Å². The van der Waals surface area contributed by atoms with Crippen molar-refractivity contribution in [2.75, 3.05) is 10.6 Å². The maximum atomic E-state index is 13.3. The van der Waals surface area contributed by atoms with Gasteiger partial charge in [-0.15, -0.1) is 0 Å². The molecular formula is C19H13F2N5O. The van der Waals surface area contributed by atoms with Crippen molar-refractivity contribution in [2.24, 2.45) is 0 Å². The van der Waals surface area contributed by atoms with E-state index in [0.717, 1.165) is 0 Å². The van der Waals surface area contributed by atoms with Gasteiger partial charge < -0.3 is 5.32 Å². The number of halogens is 2. The molecule has 4 rings (SSSR count). The molecule has 2 aromatic heterocycles. The number of aromatic nitrogens is 3. The maximum absolute atomic E-state index is 13.3. The highest BCUT2D eigenvalue weighted by Gasteiger charge is 2.17. The van der Waals surface area contributed by atoms with Crippen molar-refractivity contribution < 1.29 is 13.6 Å². The molecule has 2 heterocycles. The van der Waals surface area contributed by atoms with Crippen LogP contribution in [0.15, 0.2) is 67.0 Å². The number of hydrogen-bond acceptors (Lipinski definition) is 3. The zero-order chi connectivity index (χ0) is 18.8. The third-order valence-corrected chi connectivity index (χ3v) is 3.86. The number of imidazole rings is 1. The fourth-order valence-corrected chi connectivity index (χ4v) is 2.66. The van der Waals surface area contributed by atoms with E-state index in [0.29, 0.717) is 22.7 Å². The monoisotopic (exact) mass is 365 g/mol. The van der Waals surface area contributed by atoms with Gasteiger partial charge in [-0.2, -0.15) is 4.98 Å². The summed E-state index contributed by atoms with van der Waals surface area (Å²) in [6.45, 7) is 0. The molecule has 0 saturated carbocycles. The number of carbonyl (C=O) groups excluding carboxylic acids is 1. The summed E-state index contributed by atoms with van der Waals surface area (Å²) >= 11 is 0.